The van der Waals surface area contributed by atoms with Crippen molar-refractivity contribution in [2.24, 2.45) is 5.92 Å². The van der Waals surface area contributed by atoms with Crippen molar-refractivity contribution >= 4 is 5.78 Å². The number of piperazine rings is 1. The fourth-order valence-electron chi connectivity index (χ4n) is 2.86. The van der Waals surface area contributed by atoms with Crippen LogP contribution in [0.2, 0.25) is 0 Å². The minimum absolute atomic E-state index is 0.174. The Morgan fingerprint density at radius 1 is 1.17 bits per heavy atom. The maximum atomic E-state index is 11.7. The molecule has 18 heavy (non-hydrogen) atoms. The van der Waals surface area contributed by atoms with Gasteiger partial charge in [0.2, 0.25) is 0 Å². The summed E-state index contributed by atoms with van der Waals surface area (Å²) in [6.07, 6.45) is 2.57. The Balaban J connectivity index is 1.72. The lowest BCUT2D eigenvalue weighted by Gasteiger charge is -2.40. The lowest BCUT2D eigenvalue weighted by Crippen LogP contribution is -2.53. The van der Waals surface area contributed by atoms with Crippen LogP contribution in [0.25, 0.3) is 0 Å². The summed E-state index contributed by atoms with van der Waals surface area (Å²) < 4.78 is 0. The Kier molecular flexibility index (Phi) is 5.15. The molecule has 0 bridgehead atoms. The molecule has 0 amide bonds. The van der Waals surface area contributed by atoms with Crippen LogP contribution >= 0.6 is 0 Å². The zero-order chi connectivity index (χ0) is 13.0. The highest BCUT2D eigenvalue weighted by atomic mass is 16.1. The van der Waals surface area contributed by atoms with Gasteiger partial charge in [0.1, 0.15) is 5.78 Å². The number of nitrogens with zero attached hydrogens (tertiary/aromatic N) is 2. The molecular weight excluding hydrogens is 226 g/mol. The average Bonchev–Trinajstić information content (AvgIpc) is 2.40. The van der Waals surface area contributed by atoms with Crippen molar-refractivity contribution in [1.82, 2.24) is 15.1 Å². The topological polar surface area (TPSA) is 35.6 Å². The summed E-state index contributed by atoms with van der Waals surface area (Å²) in [5, 5.41) is 3.42. The minimum atomic E-state index is 0.174. The first-order valence-corrected chi connectivity index (χ1v) is 7.36. The lowest BCUT2D eigenvalue weighted by atomic mass is 10.0. The van der Waals surface area contributed by atoms with E-state index < -0.39 is 0 Å². The predicted octanol–water partition coefficient (Wildman–Crippen LogP) is 0.581. The predicted molar refractivity (Wildman–Crippen MR) is 73.7 cm³/mol. The van der Waals surface area contributed by atoms with Crippen LogP contribution in [0.15, 0.2) is 0 Å². The molecule has 2 fully saturated rings. The second kappa shape index (κ2) is 6.64. The van der Waals surface area contributed by atoms with Crippen LogP contribution in [0.4, 0.5) is 0 Å². The first-order valence-electron chi connectivity index (χ1n) is 7.36. The Bertz CT molecular complexity index is 266. The van der Waals surface area contributed by atoms with E-state index in [0.29, 0.717) is 12.3 Å². The van der Waals surface area contributed by atoms with Crippen molar-refractivity contribution in [2.45, 2.75) is 32.7 Å². The lowest BCUT2D eigenvalue weighted by molar-refractivity contribution is -0.123. The van der Waals surface area contributed by atoms with E-state index in [1.807, 2.05) is 13.8 Å². The number of carbonyl (C=O) groups excluding carboxylic acids is 1. The zero-order valence-corrected chi connectivity index (χ0v) is 11.8. The average molecular weight is 253 g/mol. The highest BCUT2D eigenvalue weighted by Gasteiger charge is 2.25. The fourth-order valence-corrected chi connectivity index (χ4v) is 2.86. The van der Waals surface area contributed by atoms with Crippen molar-refractivity contribution in [3.63, 3.8) is 0 Å². The van der Waals surface area contributed by atoms with Gasteiger partial charge in [0.25, 0.3) is 0 Å². The summed E-state index contributed by atoms with van der Waals surface area (Å²) >= 11 is 0. The third kappa shape index (κ3) is 3.77. The number of hydrogen-bond donors (Lipinski definition) is 1. The van der Waals surface area contributed by atoms with Crippen LogP contribution < -0.4 is 5.32 Å². The standard InChI is InChI=1S/C14H27N3O/c1-12(2)14(18)11-16-7-9-17(10-8-16)13-3-5-15-6-4-13/h12-13,15H,3-11H2,1-2H3. The van der Waals surface area contributed by atoms with Gasteiger partial charge in [-0.3, -0.25) is 14.6 Å². The molecule has 0 radical (unpaired) electrons. The van der Waals surface area contributed by atoms with Gasteiger partial charge in [-0.15, -0.1) is 0 Å². The highest BCUT2D eigenvalue weighted by molar-refractivity contribution is 5.82. The van der Waals surface area contributed by atoms with Gasteiger partial charge in [0, 0.05) is 38.1 Å². The van der Waals surface area contributed by atoms with Gasteiger partial charge in [0.15, 0.2) is 0 Å². The van der Waals surface area contributed by atoms with Crippen molar-refractivity contribution in [3.8, 4) is 0 Å². The Morgan fingerprint density at radius 2 is 1.78 bits per heavy atom. The summed E-state index contributed by atoms with van der Waals surface area (Å²) in [6, 6.07) is 0.772. The maximum absolute atomic E-state index is 11.7. The van der Waals surface area contributed by atoms with Gasteiger partial charge in [-0.25, -0.2) is 0 Å². The molecule has 2 heterocycles. The number of piperidine rings is 1. The van der Waals surface area contributed by atoms with Crippen LogP contribution in [0, 0.1) is 5.92 Å². The van der Waals surface area contributed by atoms with Crippen LogP contribution in [-0.2, 0) is 4.79 Å². The third-order valence-corrected chi connectivity index (χ3v) is 4.26. The van der Waals surface area contributed by atoms with E-state index >= 15 is 0 Å². The summed E-state index contributed by atoms with van der Waals surface area (Å²) in [6.45, 7) is 11.4. The molecule has 2 aliphatic heterocycles. The zero-order valence-electron chi connectivity index (χ0n) is 11.8. The van der Waals surface area contributed by atoms with Crippen LogP contribution in [0.1, 0.15) is 26.7 Å². The smallest absolute Gasteiger partial charge is 0.149 e. The molecule has 0 aliphatic carbocycles. The molecule has 0 aromatic heterocycles. The van der Waals surface area contributed by atoms with E-state index in [-0.39, 0.29) is 5.92 Å². The molecule has 104 valence electrons. The SMILES string of the molecule is CC(C)C(=O)CN1CCN(C2CCNCC2)CC1. The molecule has 4 heteroatoms. The number of nitrogens with one attached hydrogen (secondary N) is 1. The van der Waals surface area contributed by atoms with Gasteiger partial charge >= 0.3 is 0 Å². The summed E-state index contributed by atoms with van der Waals surface area (Å²) in [5.74, 6) is 0.553. The van der Waals surface area contributed by atoms with E-state index in [1.54, 1.807) is 0 Å². The van der Waals surface area contributed by atoms with E-state index in [1.165, 1.54) is 12.8 Å². The van der Waals surface area contributed by atoms with Crippen LogP contribution in [-0.4, -0.2) is 67.4 Å². The number of Topliss-reactive ketones (excluding diaryl/α,β-unsaturated/α-hetero) is 1. The van der Waals surface area contributed by atoms with E-state index in [4.69, 9.17) is 0 Å². The van der Waals surface area contributed by atoms with Crippen molar-refractivity contribution in [3.05, 3.63) is 0 Å². The van der Waals surface area contributed by atoms with Crippen molar-refractivity contribution < 1.29 is 4.79 Å². The highest BCUT2D eigenvalue weighted by Crippen LogP contribution is 2.14. The second-order valence-corrected chi connectivity index (χ2v) is 5.91. The quantitative estimate of drug-likeness (QED) is 0.795. The van der Waals surface area contributed by atoms with Crippen molar-refractivity contribution in [2.75, 3.05) is 45.8 Å². The van der Waals surface area contributed by atoms with Crippen molar-refractivity contribution in [1.29, 1.82) is 0 Å². The molecule has 0 unspecified atom stereocenters. The van der Waals surface area contributed by atoms with Crippen LogP contribution in [0.3, 0.4) is 0 Å². The van der Waals surface area contributed by atoms with Gasteiger partial charge in [-0.2, -0.15) is 0 Å². The van der Waals surface area contributed by atoms with Crippen LogP contribution in [0.5, 0.6) is 0 Å². The molecule has 1 N–H and O–H groups in total. The van der Waals surface area contributed by atoms with E-state index in [0.717, 1.165) is 45.3 Å². The third-order valence-electron chi connectivity index (χ3n) is 4.26. The summed E-state index contributed by atoms with van der Waals surface area (Å²) in [4.78, 5) is 16.7. The molecule has 0 spiro atoms. The maximum Gasteiger partial charge on any atom is 0.149 e. The molecule has 0 aromatic carbocycles. The number of rotatable bonds is 4. The fraction of sp³-hybridized carbons (Fsp3) is 0.929. The molecule has 2 saturated heterocycles. The first kappa shape index (κ1) is 14.0. The van der Waals surface area contributed by atoms with Gasteiger partial charge in [-0.1, -0.05) is 13.8 Å². The minimum Gasteiger partial charge on any atom is -0.317 e. The monoisotopic (exact) mass is 253 g/mol. The Morgan fingerprint density at radius 3 is 2.33 bits per heavy atom. The molecule has 0 atom stereocenters. The molecule has 4 nitrogen and oxygen atoms in total. The second-order valence-electron chi connectivity index (χ2n) is 5.91. The molecule has 0 saturated carbocycles. The molecule has 2 rings (SSSR count). The van der Waals surface area contributed by atoms with E-state index in [9.17, 15) is 4.79 Å². The largest absolute Gasteiger partial charge is 0.317 e. The first-order chi connectivity index (χ1) is 8.66. The summed E-state index contributed by atoms with van der Waals surface area (Å²) in [5.41, 5.74) is 0. The van der Waals surface area contributed by atoms with Gasteiger partial charge < -0.3 is 5.32 Å². The van der Waals surface area contributed by atoms with E-state index in [2.05, 4.69) is 15.1 Å². The van der Waals surface area contributed by atoms with Gasteiger partial charge in [-0.05, 0) is 25.9 Å². The Labute approximate surface area is 111 Å². The number of hydrogen-bond acceptors (Lipinski definition) is 4. The Hall–Kier alpha value is -0.450. The molecular formula is C14H27N3O. The summed E-state index contributed by atoms with van der Waals surface area (Å²) in [7, 11) is 0. The molecule has 2 aliphatic rings. The number of carbonyl (C=O) groups is 1. The molecule has 0 aromatic rings. The number of ketones is 1. The normalized spacial score (nSPS) is 24.6. The van der Waals surface area contributed by atoms with Gasteiger partial charge in [0.05, 0.1) is 6.54 Å².